The molecule has 8 heteroatoms. The second-order valence-electron chi connectivity index (χ2n) is 9.91. The van der Waals surface area contributed by atoms with E-state index in [9.17, 15) is 14.4 Å². The van der Waals surface area contributed by atoms with Crippen LogP contribution in [0.3, 0.4) is 0 Å². The van der Waals surface area contributed by atoms with Crippen molar-refractivity contribution in [1.82, 2.24) is 10.2 Å². The number of nitrogens with zero attached hydrogens (tertiary/aromatic N) is 2. The number of carbonyl (C=O) groups excluding carboxylic acids is 3. The van der Waals surface area contributed by atoms with E-state index in [-0.39, 0.29) is 13.0 Å². The highest BCUT2D eigenvalue weighted by Crippen LogP contribution is 2.10. The van der Waals surface area contributed by atoms with Crippen molar-refractivity contribution in [3.05, 3.63) is 0 Å². The van der Waals surface area contributed by atoms with Gasteiger partial charge in [-0.2, -0.15) is 0 Å². The zero-order valence-corrected chi connectivity index (χ0v) is 22.7. The first-order chi connectivity index (χ1) is 17.8. The highest BCUT2D eigenvalue weighted by Gasteiger charge is 2.20. The molecular formula is C27H51N3O5. The first kappa shape index (κ1) is 27.5. The molecule has 0 saturated carbocycles. The van der Waals surface area contributed by atoms with Gasteiger partial charge in [0.25, 0.3) is 0 Å². The Balaban J connectivity index is 5.25. The van der Waals surface area contributed by atoms with Crippen molar-refractivity contribution < 1.29 is 28.0 Å². The lowest BCUT2D eigenvalue weighted by Crippen LogP contribution is -2.45. The van der Waals surface area contributed by atoms with Crippen LogP contribution in [0, 0.1) is 0 Å². The summed E-state index contributed by atoms with van der Waals surface area (Å²) in [6.45, 7) is 5.79. The summed E-state index contributed by atoms with van der Waals surface area (Å²) in [7, 11) is 0. The molecule has 0 atom stereocenters. The van der Waals surface area contributed by atoms with Gasteiger partial charge in [0.1, 0.15) is 12.1 Å². The molecule has 0 spiro atoms. The van der Waals surface area contributed by atoms with E-state index in [1.165, 1.54) is 25.7 Å². The Morgan fingerprint density at radius 1 is 0.857 bits per heavy atom. The van der Waals surface area contributed by atoms with E-state index in [1.807, 2.05) is 0 Å². The molecule has 0 bridgehead atoms. The molecule has 0 aromatic carbocycles. The molecule has 1 N–H and O–H groups in total. The van der Waals surface area contributed by atoms with Gasteiger partial charge in [-0.3, -0.25) is 14.9 Å². The van der Waals surface area contributed by atoms with Gasteiger partial charge in [-0.05, 0) is 33.6 Å². The molecule has 8 nitrogen and oxygen atoms in total. The monoisotopic (exact) mass is 500 g/mol. The topological polar surface area (TPSA) is 97.3 Å². The van der Waals surface area contributed by atoms with Gasteiger partial charge in [-0.15, -0.1) is 4.99 Å². The molecule has 0 aromatic heterocycles. The summed E-state index contributed by atoms with van der Waals surface area (Å²) in [5.41, 5.74) is -0.881. The minimum atomic E-state index is -2.87. The zero-order valence-electron chi connectivity index (χ0n) is 25.7. The number of nitrogens with one attached hydrogen (secondary N) is 1. The maximum Gasteiger partial charge on any atom is 0.437 e. The average Bonchev–Trinajstić information content (AvgIpc) is 2.79. The van der Waals surface area contributed by atoms with E-state index < -0.39 is 43.1 Å². The molecule has 2 amide bonds. The van der Waals surface area contributed by atoms with E-state index in [1.54, 1.807) is 20.8 Å². The Kier molecular flexibility index (Phi) is 15.8. The standard InChI is InChI=1S/C27H51N3O5/c1-7-9-11-13-14-15-16-18-20-23(31)28-25(29-26(33)35-27(3,4)5)30(6)22-24(32)34-21-19-17-12-10-8-2/h7-22H2,1-6H3,(H,28,29,31,33)/i6D3. The van der Waals surface area contributed by atoms with Gasteiger partial charge in [0.05, 0.1) is 6.61 Å². The highest BCUT2D eigenvalue weighted by molar-refractivity contribution is 6.01. The summed E-state index contributed by atoms with van der Waals surface area (Å²) < 4.78 is 34.1. The molecule has 0 fully saturated rings. The predicted molar refractivity (Wildman–Crippen MR) is 141 cm³/mol. The molecule has 204 valence electrons. The first-order valence-electron chi connectivity index (χ1n) is 14.8. The SMILES string of the molecule is [2H]C([2H])([2H])N(CC(=O)OCCCCCCC)C(=NC(=O)OC(C)(C)C)NC(=O)CCCCCCCCCC. The summed E-state index contributed by atoms with van der Waals surface area (Å²) in [5, 5.41) is 2.42. The van der Waals surface area contributed by atoms with Gasteiger partial charge >= 0.3 is 12.1 Å². The number of guanidine groups is 1. The summed E-state index contributed by atoms with van der Waals surface area (Å²) in [6, 6.07) is 0. The third kappa shape index (κ3) is 20.9. The van der Waals surface area contributed by atoms with Gasteiger partial charge in [0.15, 0.2) is 0 Å². The maximum absolute atomic E-state index is 12.6. The van der Waals surface area contributed by atoms with Gasteiger partial charge in [-0.25, -0.2) is 4.79 Å². The fourth-order valence-electron chi connectivity index (χ4n) is 3.27. The summed E-state index contributed by atoms with van der Waals surface area (Å²) in [4.78, 5) is 41.8. The molecule has 0 radical (unpaired) electrons. The Bertz CT molecular complexity index is 722. The number of hydrogen-bond acceptors (Lipinski definition) is 5. The quantitative estimate of drug-likeness (QED) is 0.108. The molecular weight excluding hydrogens is 446 g/mol. The third-order valence-electron chi connectivity index (χ3n) is 5.15. The van der Waals surface area contributed by atoms with Crippen molar-refractivity contribution in [2.24, 2.45) is 4.99 Å². The van der Waals surface area contributed by atoms with Gasteiger partial charge in [0.2, 0.25) is 11.9 Å². The van der Waals surface area contributed by atoms with Crippen LogP contribution in [0.1, 0.15) is 129 Å². The van der Waals surface area contributed by atoms with Crippen molar-refractivity contribution in [2.45, 2.75) is 130 Å². The molecule has 0 heterocycles. The van der Waals surface area contributed by atoms with Crippen LogP contribution < -0.4 is 5.32 Å². The van der Waals surface area contributed by atoms with Crippen LogP contribution in [-0.2, 0) is 19.1 Å². The van der Waals surface area contributed by atoms with Crippen LogP contribution >= 0.6 is 0 Å². The zero-order chi connectivity index (χ0) is 29.0. The van der Waals surface area contributed by atoms with Gasteiger partial charge in [0, 0.05) is 17.5 Å². The number of unbranched alkanes of at least 4 members (excludes halogenated alkanes) is 11. The van der Waals surface area contributed by atoms with Crippen LogP contribution in [0.25, 0.3) is 0 Å². The molecule has 0 aliphatic heterocycles. The Morgan fingerprint density at radius 3 is 1.94 bits per heavy atom. The first-order valence-corrected chi connectivity index (χ1v) is 13.3. The highest BCUT2D eigenvalue weighted by atomic mass is 16.6. The minimum Gasteiger partial charge on any atom is -0.464 e. The van der Waals surface area contributed by atoms with Crippen molar-refractivity contribution in [3.63, 3.8) is 0 Å². The van der Waals surface area contributed by atoms with Gasteiger partial charge in [-0.1, -0.05) is 84.5 Å². The maximum atomic E-state index is 12.6. The Hall–Kier alpha value is -2.12. The van der Waals surface area contributed by atoms with Crippen LogP contribution in [0.2, 0.25) is 0 Å². The molecule has 0 rings (SSSR count). The number of rotatable bonds is 17. The normalized spacial score (nSPS) is 13.4. The van der Waals surface area contributed by atoms with Crippen molar-refractivity contribution in [3.8, 4) is 0 Å². The molecule has 0 aliphatic carbocycles. The Morgan fingerprint density at radius 2 is 1.40 bits per heavy atom. The molecule has 0 aliphatic rings. The number of likely N-dealkylation sites (N-methyl/N-ethyl adjacent to an activating group) is 1. The molecule has 0 saturated heterocycles. The molecule has 0 aromatic rings. The Labute approximate surface area is 217 Å². The fraction of sp³-hybridized carbons (Fsp3) is 0.852. The fourth-order valence-corrected chi connectivity index (χ4v) is 3.27. The van der Waals surface area contributed by atoms with E-state index in [2.05, 4.69) is 24.2 Å². The number of amides is 2. The van der Waals surface area contributed by atoms with Crippen molar-refractivity contribution in [2.75, 3.05) is 20.1 Å². The van der Waals surface area contributed by atoms with E-state index in [0.717, 1.165) is 44.9 Å². The number of ether oxygens (including phenoxy) is 2. The number of aliphatic imine (C=N–C) groups is 1. The smallest absolute Gasteiger partial charge is 0.437 e. The minimum absolute atomic E-state index is 0.138. The lowest BCUT2D eigenvalue weighted by molar-refractivity contribution is -0.144. The molecule has 35 heavy (non-hydrogen) atoms. The third-order valence-corrected chi connectivity index (χ3v) is 5.15. The van der Waals surface area contributed by atoms with Crippen molar-refractivity contribution in [1.29, 1.82) is 0 Å². The van der Waals surface area contributed by atoms with Crippen molar-refractivity contribution >= 4 is 23.9 Å². The van der Waals surface area contributed by atoms with Crippen LogP contribution in [0.15, 0.2) is 4.99 Å². The average molecular weight is 501 g/mol. The van der Waals surface area contributed by atoms with E-state index >= 15 is 0 Å². The number of carbonyl (C=O) groups is 3. The van der Waals surface area contributed by atoms with Gasteiger partial charge < -0.3 is 14.4 Å². The largest absolute Gasteiger partial charge is 0.464 e. The van der Waals surface area contributed by atoms with Crippen LogP contribution in [0.5, 0.6) is 0 Å². The number of hydrogen-bond donors (Lipinski definition) is 1. The van der Waals surface area contributed by atoms with Crippen LogP contribution in [-0.4, -0.2) is 54.6 Å². The molecule has 0 unspecified atom stereocenters. The van der Waals surface area contributed by atoms with E-state index in [4.69, 9.17) is 13.6 Å². The number of esters is 1. The van der Waals surface area contributed by atoms with E-state index in [0.29, 0.717) is 17.7 Å². The summed E-state index contributed by atoms with van der Waals surface area (Å²) in [6.07, 6.45) is 12.3. The lowest BCUT2D eigenvalue weighted by atomic mass is 10.1. The lowest BCUT2D eigenvalue weighted by Gasteiger charge is -2.22. The second-order valence-corrected chi connectivity index (χ2v) is 9.91. The summed E-state index contributed by atoms with van der Waals surface area (Å²) in [5.74, 6) is -1.83. The van der Waals surface area contributed by atoms with Crippen LogP contribution in [0.4, 0.5) is 4.79 Å². The predicted octanol–water partition coefficient (Wildman–Crippen LogP) is 6.37. The second kappa shape index (κ2) is 20.1. The summed E-state index contributed by atoms with van der Waals surface area (Å²) >= 11 is 0.